The molecule has 1 fully saturated rings. The van der Waals surface area contributed by atoms with Gasteiger partial charge in [-0.3, -0.25) is 14.4 Å². The number of carbonyl (C=O) groups is 1. The van der Waals surface area contributed by atoms with Crippen molar-refractivity contribution in [3.05, 3.63) is 75.3 Å². The minimum Gasteiger partial charge on any atom is -0.333 e. The number of aryl methyl sites for hydroxylation is 1. The zero-order valence-corrected chi connectivity index (χ0v) is 23.3. The van der Waals surface area contributed by atoms with Gasteiger partial charge in [-0.1, -0.05) is 30.3 Å². The normalized spacial score (nSPS) is 18.7. The highest BCUT2D eigenvalue weighted by Gasteiger charge is 2.39. The Morgan fingerprint density at radius 2 is 1.93 bits per heavy atom. The molecule has 1 amide bonds. The lowest BCUT2D eigenvalue weighted by Gasteiger charge is -2.34. The van der Waals surface area contributed by atoms with Crippen LogP contribution in [0.5, 0.6) is 0 Å². The molecule has 1 atom stereocenters. The second-order valence-corrected chi connectivity index (χ2v) is 11.3. The Kier molecular flexibility index (Phi) is 8.12. The molecule has 2 aliphatic heterocycles. The smallest absolute Gasteiger partial charge is 0.333 e. The van der Waals surface area contributed by atoms with Crippen molar-refractivity contribution in [3.8, 4) is 17.2 Å². The van der Waals surface area contributed by atoms with E-state index in [4.69, 9.17) is 0 Å². The zero-order chi connectivity index (χ0) is 28.4. The van der Waals surface area contributed by atoms with E-state index < -0.39 is 11.9 Å². The van der Waals surface area contributed by atoms with Gasteiger partial charge in [-0.15, -0.1) is 11.3 Å². The number of thiophene rings is 1. The van der Waals surface area contributed by atoms with E-state index >= 15 is 0 Å². The van der Waals surface area contributed by atoms with Crippen LogP contribution >= 0.6 is 11.3 Å². The summed E-state index contributed by atoms with van der Waals surface area (Å²) in [6, 6.07) is 11.0. The van der Waals surface area contributed by atoms with E-state index in [0.717, 1.165) is 36.6 Å². The summed E-state index contributed by atoms with van der Waals surface area (Å²) in [5, 5.41) is 13.4. The molecule has 1 aromatic carbocycles. The Bertz CT molecular complexity index is 1440. The van der Waals surface area contributed by atoms with E-state index in [1.807, 2.05) is 18.2 Å². The number of nitriles is 1. The summed E-state index contributed by atoms with van der Waals surface area (Å²) < 4.78 is 43.3. The Balaban J connectivity index is 1.47. The van der Waals surface area contributed by atoms with Crippen molar-refractivity contribution < 1.29 is 18.0 Å². The first kappa shape index (κ1) is 28.1. The number of alkyl halides is 3. The van der Waals surface area contributed by atoms with Gasteiger partial charge in [0.05, 0.1) is 6.54 Å². The molecule has 210 valence electrons. The number of rotatable bonds is 6. The van der Waals surface area contributed by atoms with E-state index in [1.54, 1.807) is 36.1 Å². The van der Waals surface area contributed by atoms with Gasteiger partial charge < -0.3 is 9.80 Å². The van der Waals surface area contributed by atoms with Crippen molar-refractivity contribution in [2.75, 3.05) is 46.3 Å². The molecule has 2 aromatic heterocycles. The predicted octanol–water partition coefficient (Wildman–Crippen LogP) is 4.80. The maximum atomic E-state index is 14.0. The molecular weight excluding hydrogens is 537 g/mol. The lowest BCUT2D eigenvalue weighted by molar-refractivity contribution is -0.141. The first-order valence-corrected chi connectivity index (χ1v) is 14.1. The first-order valence-electron chi connectivity index (χ1n) is 13.3. The van der Waals surface area contributed by atoms with Gasteiger partial charge in [0.1, 0.15) is 10.9 Å². The summed E-state index contributed by atoms with van der Waals surface area (Å²) >= 11 is 1.33. The zero-order valence-electron chi connectivity index (χ0n) is 22.5. The summed E-state index contributed by atoms with van der Waals surface area (Å²) in [5.41, 5.74) is 1.07. The van der Waals surface area contributed by atoms with Crippen molar-refractivity contribution in [3.63, 3.8) is 0 Å². The van der Waals surface area contributed by atoms with Gasteiger partial charge >= 0.3 is 6.18 Å². The Hall–Kier alpha value is -3.46. The third kappa shape index (κ3) is 5.84. The SMILES string of the molecule is CCn1cc(-c2ccccc2C2CN(C(=O)/C=C/CN3CCN(C)CC3)Cc3sc(C#N)cc32)c(C(F)(F)F)n1. The van der Waals surface area contributed by atoms with Crippen LogP contribution in [0.3, 0.4) is 0 Å². The monoisotopic (exact) mass is 568 g/mol. The number of likely N-dealkylation sites (N-methyl/N-ethyl adjacent to an activating group) is 1. The number of carbonyl (C=O) groups excluding carboxylic acids is 1. The number of nitrogens with zero attached hydrogens (tertiary/aromatic N) is 6. The van der Waals surface area contributed by atoms with Gasteiger partial charge in [0, 0.05) is 74.4 Å². The van der Waals surface area contributed by atoms with Crippen LogP contribution in [0.15, 0.2) is 48.7 Å². The number of benzene rings is 1. The third-order valence-electron chi connectivity index (χ3n) is 7.58. The van der Waals surface area contributed by atoms with Gasteiger partial charge in [0.15, 0.2) is 5.69 Å². The predicted molar refractivity (Wildman–Crippen MR) is 148 cm³/mol. The molecule has 0 aliphatic carbocycles. The van der Waals surface area contributed by atoms with Gasteiger partial charge in [-0.05, 0) is 36.7 Å². The number of hydrogen-bond donors (Lipinski definition) is 0. The Morgan fingerprint density at radius 3 is 2.62 bits per heavy atom. The standard InChI is InChI=1S/C29H31F3N6OS/c1-3-38-18-25(28(34-38)29(30,31)32)22-8-5-4-7-21(22)24-17-37(19-26-23(24)15-20(16-33)40-26)27(39)9-6-10-36-13-11-35(2)12-14-36/h4-9,15,18,24H,3,10-14,17,19H2,1-2H3/b9-6+. The van der Waals surface area contributed by atoms with Gasteiger partial charge in [0.2, 0.25) is 5.91 Å². The molecule has 1 saturated heterocycles. The highest BCUT2D eigenvalue weighted by Crippen LogP contribution is 2.44. The van der Waals surface area contributed by atoms with Crippen molar-refractivity contribution >= 4 is 17.2 Å². The summed E-state index contributed by atoms with van der Waals surface area (Å²) in [6.07, 6.45) is 0.297. The van der Waals surface area contributed by atoms with Gasteiger partial charge in [0.25, 0.3) is 0 Å². The molecule has 2 aliphatic rings. The fraction of sp³-hybridized carbons (Fsp3) is 0.414. The molecule has 40 heavy (non-hydrogen) atoms. The molecular formula is C29H31F3N6OS. The van der Waals surface area contributed by atoms with Crippen molar-refractivity contribution in [1.82, 2.24) is 24.5 Å². The van der Waals surface area contributed by atoms with E-state index in [1.165, 1.54) is 22.2 Å². The molecule has 0 saturated carbocycles. The number of piperazine rings is 1. The van der Waals surface area contributed by atoms with Crippen LogP contribution in [0.2, 0.25) is 0 Å². The second-order valence-electron chi connectivity index (χ2n) is 10.2. The summed E-state index contributed by atoms with van der Waals surface area (Å²) in [6.45, 7) is 7.26. The molecule has 0 bridgehead atoms. The lowest BCUT2D eigenvalue weighted by atomic mass is 9.83. The van der Waals surface area contributed by atoms with Crippen LogP contribution in [-0.2, 0) is 24.1 Å². The highest BCUT2D eigenvalue weighted by atomic mass is 32.1. The largest absolute Gasteiger partial charge is 0.435 e. The average molecular weight is 569 g/mol. The lowest BCUT2D eigenvalue weighted by Crippen LogP contribution is -2.44. The third-order valence-corrected chi connectivity index (χ3v) is 8.62. The minimum atomic E-state index is -4.62. The molecule has 1 unspecified atom stereocenters. The fourth-order valence-corrected chi connectivity index (χ4v) is 6.42. The molecule has 7 nitrogen and oxygen atoms in total. The Labute approximate surface area is 235 Å². The molecule has 5 rings (SSSR count). The number of fused-ring (bicyclic) bond motifs is 1. The maximum Gasteiger partial charge on any atom is 0.435 e. The van der Waals surface area contributed by atoms with Crippen LogP contribution in [0.1, 0.15) is 39.4 Å². The average Bonchev–Trinajstić information content (AvgIpc) is 3.58. The summed E-state index contributed by atoms with van der Waals surface area (Å²) in [4.78, 5) is 21.0. The molecule has 3 aromatic rings. The van der Waals surface area contributed by atoms with Crippen LogP contribution in [-0.4, -0.2) is 76.7 Å². The number of aromatic nitrogens is 2. The van der Waals surface area contributed by atoms with E-state index in [-0.39, 0.29) is 17.4 Å². The first-order chi connectivity index (χ1) is 19.2. The number of hydrogen-bond acceptors (Lipinski definition) is 6. The maximum absolute atomic E-state index is 14.0. The van der Waals surface area contributed by atoms with Crippen LogP contribution in [0.25, 0.3) is 11.1 Å². The fourth-order valence-electron chi connectivity index (χ4n) is 5.38. The summed E-state index contributed by atoms with van der Waals surface area (Å²) in [7, 11) is 2.10. The number of halogens is 3. The topological polar surface area (TPSA) is 68.4 Å². The van der Waals surface area contributed by atoms with E-state index in [9.17, 15) is 23.2 Å². The second kappa shape index (κ2) is 11.6. The van der Waals surface area contributed by atoms with E-state index in [2.05, 4.69) is 28.0 Å². The van der Waals surface area contributed by atoms with Crippen molar-refractivity contribution in [1.29, 1.82) is 5.26 Å². The van der Waals surface area contributed by atoms with Crippen molar-refractivity contribution in [2.45, 2.75) is 32.1 Å². The molecule has 0 radical (unpaired) electrons. The molecule has 11 heteroatoms. The van der Waals surface area contributed by atoms with Gasteiger partial charge in [-0.2, -0.15) is 23.5 Å². The van der Waals surface area contributed by atoms with Crippen LogP contribution in [0, 0.1) is 11.3 Å². The Morgan fingerprint density at radius 1 is 1.18 bits per heavy atom. The summed E-state index contributed by atoms with van der Waals surface area (Å²) in [5.74, 6) is -0.539. The highest BCUT2D eigenvalue weighted by molar-refractivity contribution is 7.12. The van der Waals surface area contributed by atoms with E-state index in [0.29, 0.717) is 42.2 Å². The minimum absolute atomic E-state index is 0.0118. The van der Waals surface area contributed by atoms with Crippen molar-refractivity contribution in [2.24, 2.45) is 0 Å². The van der Waals surface area contributed by atoms with Crippen LogP contribution in [0.4, 0.5) is 13.2 Å². The molecule has 0 N–H and O–H groups in total. The van der Waals surface area contributed by atoms with Gasteiger partial charge in [-0.25, -0.2) is 0 Å². The quantitative estimate of drug-likeness (QED) is 0.400. The van der Waals surface area contributed by atoms with Crippen LogP contribution < -0.4 is 0 Å². The molecule has 0 spiro atoms. The number of amides is 1. The molecule has 4 heterocycles.